The molecule has 1 unspecified atom stereocenters. The topological polar surface area (TPSA) is 126 Å². The average Bonchev–Trinajstić information content (AvgIpc) is 3.67. The molecule has 0 aliphatic carbocycles. The van der Waals surface area contributed by atoms with E-state index in [0.29, 0.717) is 28.9 Å². The normalized spacial score (nSPS) is 16.4. The first-order valence-corrected chi connectivity index (χ1v) is 10.8. The van der Waals surface area contributed by atoms with Crippen molar-refractivity contribution in [3.05, 3.63) is 96.7 Å². The minimum Gasteiger partial charge on any atom is -0.363 e. The molecule has 1 radical (unpaired) electrons. The lowest BCUT2D eigenvalue weighted by molar-refractivity contribution is 0.418. The molecule has 0 saturated carbocycles. The molecule has 1 N–H and O–H groups in total. The number of H-pyrrole nitrogens is 1. The molecule has 5 aromatic heterocycles. The smallest absolute Gasteiger partial charge is 0.176 e. The van der Waals surface area contributed by atoms with E-state index in [0.717, 1.165) is 11.3 Å². The van der Waals surface area contributed by atoms with Crippen molar-refractivity contribution < 1.29 is 4.52 Å². The van der Waals surface area contributed by atoms with Gasteiger partial charge in [0.15, 0.2) is 24.1 Å². The van der Waals surface area contributed by atoms with Gasteiger partial charge in [0.25, 0.3) is 0 Å². The minimum atomic E-state index is -0.396. The van der Waals surface area contributed by atoms with Gasteiger partial charge in [0.1, 0.15) is 12.3 Å². The molecule has 6 rings (SSSR count). The SMILES string of the molecule is [CH]1N(c2cc[nH]n2)C(c2ncccn2)=C(c2cccnn2)C(c2ccsn2)N1c1ccon1. The van der Waals surface area contributed by atoms with Gasteiger partial charge in [0, 0.05) is 47.9 Å². The molecule has 12 heteroatoms. The summed E-state index contributed by atoms with van der Waals surface area (Å²) in [5.41, 5.74) is 2.98. The predicted octanol–water partition coefficient (Wildman–Crippen LogP) is 3.19. The summed E-state index contributed by atoms with van der Waals surface area (Å²) in [6, 6.07) is 10.7. The maximum Gasteiger partial charge on any atom is 0.176 e. The highest BCUT2D eigenvalue weighted by Gasteiger charge is 2.41. The van der Waals surface area contributed by atoms with Gasteiger partial charge in [-0.25, -0.2) is 9.97 Å². The van der Waals surface area contributed by atoms with Crippen molar-refractivity contribution in [1.82, 2.24) is 39.9 Å². The Kier molecular flexibility index (Phi) is 4.81. The lowest BCUT2D eigenvalue weighted by atomic mass is 9.93. The predicted molar refractivity (Wildman–Crippen MR) is 120 cm³/mol. The van der Waals surface area contributed by atoms with E-state index in [1.165, 1.54) is 17.8 Å². The minimum absolute atomic E-state index is 0.396. The molecular formula is C21H15N10OS. The second kappa shape index (κ2) is 8.24. The molecule has 161 valence electrons. The maximum atomic E-state index is 5.17. The summed E-state index contributed by atoms with van der Waals surface area (Å²) in [5.74, 6) is 1.75. The average molecular weight is 455 g/mol. The van der Waals surface area contributed by atoms with Crippen molar-refractivity contribution in [1.29, 1.82) is 0 Å². The van der Waals surface area contributed by atoms with Crippen LogP contribution in [0.2, 0.25) is 0 Å². The van der Waals surface area contributed by atoms with Gasteiger partial charge in [-0.05, 0) is 35.8 Å². The number of hydrogen-bond acceptors (Lipinski definition) is 11. The van der Waals surface area contributed by atoms with Crippen LogP contribution in [-0.4, -0.2) is 39.9 Å². The molecular weight excluding hydrogens is 440 g/mol. The van der Waals surface area contributed by atoms with Gasteiger partial charge in [0.05, 0.1) is 17.1 Å². The third kappa shape index (κ3) is 3.42. The van der Waals surface area contributed by atoms with Gasteiger partial charge >= 0.3 is 0 Å². The van der Waals surface area contributed by atoms with Gasteiger partial charge in [-0.3, -0.25) is 10.00 Å². The lowest BCUT2D eigenvalue weighted by Crippen LogP contribution is -2.42. The Morgan fingerprint density at radius 1 is 1.00 bits per heavy atom. The second-order valence-corrected chi connectivity index (χ2v) is 7.62. The fourth-order valence-electron chi connectivity index (χ4n) is 3.75. The van der Waals surface area contributed by atoms with Crippen LogP contribution < -0.4 is 9.80 Å². The Labute approximate surface area is 191 Å². The molecule has 11 nitrogen and oxygen atoms in total. The standard InChI is InChI=1S/C21H15N10OS/c1-3-14(26-24-9-1)18-19(15-6-12-33-29-15)31(17-5-11-32-28-17)13-30(16-4-10-25-27-16)20(18)21-22-7-2-8-23-21/h1-13,19H,(H,25,27). The van der Waals surface area contributed by atoms with E-state index < -0.39 is 6.04 Å². The number of anilines is 2. The molecule has 0 bridgehead atoms. The first kappa shape index (κ1) is 19.3. The van der Waals surface area contributed by atoms with Gasteiger partial charge < -0.3 is 9.42 Å². The van der Waals surface area contributed by atoms with E-state index >= 15 is 0 Å². The Bertz CT molecular complexity index is 1340. The summed E-state index contributed by atoms with van der Waals surface area (Å²) in [5, 5.41) is 22.0. The lowest BCUT2D eigenvalue weighted by Gasteiger charge is -2.42. The van der Waals surface area contributed by atoms with E-state index in [-0.39, 0.29) is 0 Å². The molecule has 1 aliphatic heterocycles. The van der Waals surface area contributed by atoms with E-state index in [1.807, 2.05) is 46.1 Å². The molecule has 0 spiro atoms. The second-order valence-electron chi connectivity index (χ2n) is 6.95. The van der Waals surface area contributed by atoms with Gasteiger partial charge in [0.2, 0.25) is 0 Å². The van der Waals surface area contributed by atoms with Crippen LogP contribution >= 0.6 is 11.5 Å². The number of aromatic amines is 1. The molecule has 1 atom stereocenters. The number of nitrogens with one attached hydrogen (secondary N) is 1. The van der Waals surface area contributed by atoms with E-state index in [1.54, 1.807) is 36.9 Å². The Balaban J connectivity index is 1.69. The van der Waals surface area contributed by atoms with Crippen molar-refractivity contribution in [3.63, 3.8) is 0 Å². The summed E-state index contributed by atoms with van der Waals surface area (Å²) >= 11 is 1.37. The van der Waals surface area contributed by atoms with Crippen LogP contribution in [0.15, 0.2) is 77.4 Å². The molecule has 0 amide bonds. The molecule has 1 aliphatic rings. The van der Waals surface area contributed by atoms with Crippen LogP contribution in [0, 0.1) is 6.67 Å². The molecule has 5 aromatic rings. The molecule has 33 heavy (non-hydrogen) atoms. The largest absolute Gasteiger partial charge is 0.363 e. The molecule has 0 aromatic carbocycles. The maximum absolute atomic E-state index is 5.17. The Morgan fingerprint density at radius 2 is 1.94 bits per heavy atom. The van der Waals surface area contributed by atoms with Gasteiger partial charge in [-0.15, -0.1) is 0 Å². The number of rotatable bonds is 5. The summed E-state index contributed by atoms with van der Waals surface area (Å²) < 4.78 is 9.82. The Hall–Kier alpha value is -4.45. The van der Waals surface area contributed by atoms with Crippen LogP contribution in [0.25, 0.3) is 11.3 Å². The zero-order valence-electron chi connectivity index (χ0n) is 16.9. The van der Waals surface area contributed by atoms with E-state index in [4.69, 9.17) is 4.52 Å². The zero-order valence-corrected chi connectivity index (χ0v) is 17.7. The number of aromatic nitrogens is 8. The first-order chi connectivity index (χ1) is 16.4. The number of hydrogen-bond donors (Lipinski definition) is 1. The third-order valence-electron chi connectivity index (χ3n) is 5.07. The van der Waals surface area contributed by atoms with Gasteiger partial charge in [-0.1, -0.05) is 5.16 Å². The van der Waals surface area contributed by atoms with Crippen molar-refractivity contribution in [2.75, 3.05) is 9.80 Å². The fourth-order valence-corrected chi connectivity index (χ4v) is 4.29. The highest BCUT2D eigenvalue weighted by Crippen LogP contribution is 2.47. The van der Waals surface area contributed by atoms with E-state index in [2.05, 4.69) is 39.9 Å². The summed E-state index contributed by atoms with van der Waals surface area (Å²) in [6.45, 7) is 1.89. The van der Waals surface area contributed by atoms with Crippen molar-refractivity contribution in [3.8, 4) is 0 Å². The van der Waals surface area contributed by atoms with Crippen molar-refractivity contribution in [2.24, 2.45) is 0 Å². The van der Waals surface area contributed by atoms with Crippen LogP contribution in [0.3, 0.4) is 0 Å². The van der Waals surface area contributed by atoms with Crippen molar-refractivity contribution in [2.45, 2.75) is 6.04 Å². The first-order valence-electron chi connectivity index (χ1n) is 9.93. The fraction of sp³-hybridized carbons (Fsp3) is 0.0476. The zero-order chi connectivity index (χ0) is 22.0. The highest BCUT2D eigenvalue weighted by molar-refractivity contribution is 7.03. The quantitative estimate of drug-likeness (QED) is 0.422. The van der Waals surface area contributed by atoms with Crippen molar-refractivity contribution >= 4 is 34.4 Å². The summed E-state index contributed by atoms with van der Waals surface area (Å²) in [4.78, 5) is 13.0. The monoisotopic (exact) mass is 455 g/mol. The van der Waals surface area contributed by atoms with Crippen LogP contribution in [0.1, 0.15) is 23.3 Å². The van der Waals surface area contributed by atoms with Crippen LogP contribution in [-0.2, 0) is 0 Å². The van der Waals surface area contributed by atoms with E-state index in [9.17, 15) is 0 Å². The summed E-state index contributed by atoms with van der Waals surface area (Å²) in [6.07, 6.45) is 8.32. The van der Waals surface area contributed by atoms with Crippen LogP contribution in [0.4, 0.5) is 11.6 Å². The molecule has 0 saturated heterocycles. The molecule has 6 heterocycles. The van der Waals surface area contributed by atoms with Crippen LogP contribution in [0.5, 0.6) is 0 Å². The summed E-state index contributed by atoms with van der Waals surface area (Å²) in [7, 11) is 0. The van der Waals surface area contributed by atoms with Gasteiger partial charge in [-0.2, -0.15) is 19.7 Å². The number of nitrogens with zero attached hydrogens (tertiary/aromatic N) is 9. The third-order valence-corrected chi connectivity index (χ3v) is 5.65. The Morgan fingerprint density at radius 3 is 2.64 bits per heavy atom. The molecule has 0 fully saturated rings. The highest BCUT2D eigenvalue weighted by atomic mass is 32.1.